The molecule has 0 saturated heterocycles. The molecule has 8 nitrogen and oxygen atoms in total. The Morgan fingerprint density at radius 3 is 2.67 bits per heavy atom. The van der Waals surface area contributed by atoms with Gasteiger partial charge in [-0.05, 0) is 6.07 Å². The number of sulfonamides is 1. The summed E-state index contributed by atoms with van der Waals surface area (Å²) < 4.78 is 26.1. The van der Waals surface area contributed by atoms with E-state index in [2.05, 4.69) is 5.32 Å². The number of hydrogen-bond acceptors (Lipinski definition) is 5. The smallest absolute Gasteiger partial charge is 0.311 e. The quantitative estimate of drug-likeness (QED) is 0.604. The molecule has 1 heterocycles. The minimum absolute atomic E-state index is 0.00982. The molecule has 1 amide bonds. The molecule has 1 rings (SSSR count). The summed E-state index contributed by atoms with van der Waals surface area (Å²) in [6.45, 7) is -0.157. The van der Waals surface area contributed by atoms with Gasteiger partial charge in [-0.1, -0.05) is 0 Å². The maximum atomic E-state index is 11.6. The number of nitrogens with two attached hydrogens (primary N) is 1. The van der Waals surface area contributed by atoms with Gasteiger partial charge in [0.05, 0.1) is 17.6 Å². The van der Waals surface area contributed by atoms with Crippen molar-refractivity contribution in [2.24, 2.45) is 5.14 Å². The van der Waals surface area contributed by atoms with Crippen LogP contribution in [0.3, 0.4) is 0 Å². The van der Waals surface area contributed by atoms with E-state index in [1.54, 1.807) is 0 Å². The van der Waals surface area contributed by atoms with Gasteiger partial charge < -0.3 is 14.8 Å². The number of hydrogen-bond donors (Lipinski definition) is 3. The molecule has 0 aliphatic heterocycles. The molecular formula is C9H12N2O6S. The highest BCUT2D eigenvalue weighted by Gasteiger charge is 2.17. The fourth-order valence-electron chi connectivity index (χ4n) is 1.22. The van der Waals surface area contributed by atoms with Crippen molar-refractivity contribution in [3.05, 3.63) is 23.7 Å². The van der Waals surface area contributed by atoms with Crippen molar-refractivity contribution in [2.75, 3.05) is 12.3 Å². The molecule has 0 spiro atoms. The minimum atomic E-state index is -3.65. The summed E-state index contributed by atoms with van der Waals surface area (Å²) in [7, 11) is -3.65. The average Bonchev–Trinajstić information content (AvgIpc) is 2.62. The third kappa shape index (κ3) is 4.55. The van der Waals surface area contributed by atoms with E-state index in [0.29, 0.717) is 0 Å². The van der Waals surface area contributed by atoms with Gasteiger partial charge in [0, 0.05) is 6.54 Å². The number of carboxylic acids is 1. The second-order valence-corrected chi connectivity index (χ2v) is 5.18. The lowest BCUT2D eigenvalue weighted by atomic mass is 10.2. The van der Waals surface area contributed by atoms with E-state index in [4.69, 9.17) is 14.7 Å². The van der Waals surface area contributed by atoms with Crippen molar-refractivity contribution in [2.45, 2.75) is 6.42 Å². The van der Waals surface area contributed by atoms with Crippen LogP contribution in [0.1, 0.15) is 16.1 Å². The summed E-state index contributed by atoms with van der Waals surface area (Å²) in [5, 5.41) is 15.7. The molecule has 0 atom stereocenters. The van der Waals surface area contributed by atoms with Gasteiger partial charge in [0.2, 0.25) is 10.0 Å². The van der Waals surface area contributed by atoms with Gasteiger partial charge in [-0.25, -0.2) is 13.6 Å². The van der Waals surface area contributed by atoms with Crippen LogP contribution in [0.5, 0.6) is 0 Å². The number of aliphatic carboxylic acids is 1. The van der Waals surface area contributed by atoms with Crippen molar-refractivity contribution in [3.8, 4) is 0 Å². The molecule has 18 heavy (non-hydrogen) atoms. The van der Waals surface area contributed by atoms with E-state index in [1.165, 1.54) is 12.3 Å². The van der Waals surface area contributed by atoms with Crippen LogP contribution < -0.4 is 10.5 Å². The lowest BCUT2D eigenvalue weighted by Gasteiger charge is -2.03. The van der Waals surface area contributed by atoms with Crippen molar-refractivity contribution in [1.82, 2.24) is 5.32 Å². The number of carbonyl (C=O) groups excluding carboxylic acids is 1. The van der Waals surface area contributed by atoms with Crippen molar-refractivity contribution in [1.29, 1.82) is 0 Å². The molecule has 0 fully saturated rings. The molecule has 0 aliphatic rings. The Hall–Kier alpha value is -1.87. The first-order valence-electron chi connectivity index (χ1n) is 4.86. The van der Waals surface area contributed by atoms with E-state index in [9.17, 15) is 18.0 Å². The number of furan rings is 1. The maximum absolute atomic E-state index is 11.6. The highest BCUT2D eigenvalue weighted by molar-refractivity contribution is 7.89. The van der Waals surface area contributed by atoms with Crippen LogP contribution >= 0.6 is 0 Å². The Kier molecular flexibility index (Phi) is 4.45. The van der Waals surface area contributed by atoms with Gasteiger partial charge in [0.25, 0.3) is 5.91 Å². The van der Waals surface area contributed by atoms with Gasteiger partial charge in [-0.2, -0.15) is 0 Å². The summed E-state index contributed by atoms with van der Waals surface area (Å²) in [5.41, 5.74) is 0.0619. The fourth-order valence-corrected chi connectivity index (χ4v) is 1.61. The number of amides is 1. The normalized spacial score (nSPS) is 11.2. The largest absolute Gasteiger partial charge is 0.481 e. The van der Waals surface area contributed by atoms with Gasteiger partial charge in [-0.3, -0.25) is 9.59 Å². The Balaban J connectivity index is 2.62. The Morgan fingerprint density at radius 1 is 1.44 bits per heavy atom. The molecule has 4 N–H and O–H groups in total. The number of primary sulfonamides is 1. The molecule has 9 heteroatoms. The molecule has 0 radical (unpaired) electrons. The zero-order valence-electron chi connectivity index (χ0n) is 9.25. The van der Waals surface area contributed by atoms with Crippen LogP contribution in [0.25, 0.3) is 0 Å². The second-order valence-electron chi connectivity index (χ2n) is 3.45. The van der Waals surface area contributed by atoms with Gasteiger partial charge in [-0.15, -0.1) is 0 Å². The van der Waals surface area contributed by atoms with E-state index < -0.39 is 34.1 Å². The Bertz CT molecular complexity index is 547. The second kappa shape index (κ2) is 5.65. The molecule has 0 bridgehead atoms. The zero-order chi connectivity index (χ0) is 13.8. The topological polar surface area (TPSA) is 140 Å². The summed E-state index contributed by atoms with van der Waals surface area (Å²) in [4.78, 5) is 22.1. The highest BCUT2D eigenvalue weighted by atomic mass is 32.2. The van der Waals surface area contributed by atoms with E-state index in [-0.39, 0.29) is 17.9 Å². The number of nitrogens with one attached hydrogen (secondary N) is 1. The van der Waals surface area contributed by atoms with Crippen molar-refractivity contribution in [3.63, 3.8) is 0 Å². The maximum Gasteiger partial charge on any atom is 0.311 e. The van der Waals surface area contributed by atoms with Crippen molar-refractivity contribution >= 4 is 21.9 Å². The molecule has 0 aliphatic carbocycles. The SMILES string of the molecule is NS(=O)(=O)CCNC(=O)c1ccoc1CC(=O)O. The third-order valence-electron chi connectivity index (χ3n) is 1.97. The molecule has 1 aromatic rings. The van der Waals surface area contributed by atoms with Crippen LogP contribution in [0.15, 0.2) is 16.7 Å². The molecule has 100 valence electrons. The Labute approximate surface area is 103 Å². The minimum Gasteiger partial charge on any atom is -0.481 e. The lowest BCUT2D eigenvalue weighted by Crippen LogP contribution is -2.31. The van der Waals surface area contributed by atoms with E-state index in [1.807, 2.05) is 0 Å². The first kappa shape index (κ1) is 14.2. The van der Waals surface area contributed by atoms with Crippen molar-refractivity contribution < 1.29 is 27.5 Å². The predicted molar refractivity (Wildman–Crippen MR) is 60.4 cm³/mol. The molecule has 1 aromatic heterocycles. The van der Waals surface area contributed by atoms with E-state index in [0.717, 1.165) is 0 Å². The summed E-state index contributed by atoms with van der Waals surface area (Å²) in [6, 6.07) is 1.31. The standard InChI is InChI=1S/C9H12N2O6S/c10-18(15,16)4-2-11-9(14)6-1-3-17-7(6)5-8(12)13/h1,3H,2,4-5H2,(H,11,14)(H,12,13)(H2,10,15,16). The average molecular weight is 276 g/mol. The summed E-state index contributed by atoms with van der Waals surface area (Å²) >= 11 is 0. The predicted octanol–water partition coefficient (Wildman–Crippen LogP) is -1.07. The van der Waals surface area contributed by atoms with Crippen LogP contribution in [0, 0.1) is 0 Å². The van der Waals surface area contributed by atoms with Crippen LogP contribution in [-0.4, -0.2) is 37.7 Å². The Morgan fingerprint density at radius 2 is 2.11 bits per heavy atom. The number of carbonyl (C=O) groups is 2. The van der Waals surface area contributed by atoms with Crippen LogP contribution in [-0.2, 0) is 21.2 Å². The van der Waals surface area contributed by atoms with Crippen LogP contribution in [0.4, 0.5) is 0 Å². The highest BCUT2D eigenvalue weighted by Crippen LogP contribution is 2.11. The van der Waals surface area contributed by atoms with Gasteiger partial charge >= 0.3 is 5.97 Å². The summed E-state index contributed by atoms with van der Waals surface area (Å²) in [5.74, 6) is -2.13. The fraction of sp³-hybridized carbons (Fsp3) is 0.333. The number of rotatable bonds is 6. The zero-order valence-corrected chi connectivity index (χ0v) is 10.1. The first-order valence-corrected chi connectivity index (χ1v) is 6.58. The van der Waals surface area contributed by atoms with Gasteiger partial charge in [0.1, 0.15) is 12.2 Å². The molecule has 0 aromatic carbocycles. The molecule has 0 saturated carbocycles. The molecular weight excluding hydrogens is 264 g/mol. The van der Waals surface area contributed by atoms with E-state index >= 15 is 0 Å². The third-order valence-corrected chi connectivity index (χ3v) is 2.75. The lowest BCUT2D eigenvalue weighted by molar-refractivity contribution is -0.136. The summed E-state index contributed by atoms with van der Waals surface area (Å²) in [6.07, 6.45) is 0.762. The number of carboxylic acid groups (broad SMARTS) is 1. The van der Waals surface area contributed by atoms with Crippen LogP contribution in [0.2, 0.25) is 0 Å². The molecule has 0 unspecified atom stereocenters. The first-order chi connectivity index (χ1) is 8.29. The van der Waals surface area contributed by atoms with Gasteiger partial charge in [0.15, 0.2) is 0 Å². The monoisotopic (exact) mass is 276 g/mol.